The summed E-state index contributed by atoms with van der Waals surface area (Å²) in [5.41, 5.74) is 0.816. The Balaban J connectivity index is 1.33. The lowest BCUT2D eigenvalue weighted by Gasteiger charge is -2.11. The zero-order valence-electron chi connectivity index (χ0n) is 16.1. The number of benzene rings is 2. The second-order valence-corrected chi connectivity index (χ2v) is 9.47. The van der Waals surface area contributed by atoms with Crippen LogP contribution in [0, 0.1) is 0 Å². The van der Waals surface area contributed by atoms with E-state index in [2.05, 4.69) is 45.2 Å². The van der Waals surface area contributed by atoms with Crippen molar-refractivity contribution < 1.29 is 4.79 Å². The molecule has 1 amide bonds. The summed E-state index contributed by atoms with van der Waals surface area (Å²) in [6.07, 6.45) is 2.65. The van der Waals surface area contributed by atoms with Crippen LogP contribution in [-0.4, -0.2) is 26.4 Å². The van der Waals surface area contributed by atoms with Crippen LogP contribution in [0.5, 0.6) is 0 Å². The third-order valence-corrected chi connectivity index (χ3v) is 7.22. The lowest BCUT2D eigenvalue weighted by Crippen LogP contribution is -2.15. The van der Waals surface area contributed by atoms with Crippen LogP contribution in [0.2, 0.25) is 0 Å². The summed E-state index contributed by atoms with van der Waals surface area (Å²) in [5, 5.41) is 14.0. The lowest BCUT2D eigenvalue weighted by molar-refractivity contribution is -0.113. The van der Waals surface area contributed by atoms with Crippen molar-refractivity contribution in [1.82, 2.24) is 14.8 Å². The van der Waals surface area contributed by atoms with Gasteiger partial charge in [0.1, 0.15) is 6.33 Å². The first-order chi connectivity index (χ1) is 14.8. The first-order valence-corrected chi connectivity index (χ1v) is 12.1. The quantitative estimate of drug-likeness (QED) is 0.342. The number of aromatic nitrogens is 3. The van der Waals surface area contributed by atoms with E-state index >= 15 is 0 Å². The van der Waals surface area contributed by atoms with Gasteiger partial charge in [-0.1, -0.05) is 59.9 Å². The molecule has 0 unspecified atom stereocenters. The summed E-state index contributed by atoms with van der Waals surface area (Å²) in [6.45, 7) is 0.800. The molecule has 0 fully saturated rings. The number of para-hydroxylation sites is 1. The minimum atomic E-state index is -0.0612. The van der Waals surface area contributed by atoms with Gasteiger partial charge in [0.25, 0.3) is 0 Å². The number of aryl methyl sites for hydroxylation is 2. The molecule has 0 aliphatic heterocycles. The number of rotatable bonds is 9. The molecule has 8 heteroatoms. The van der Waals surface area contributed by atoms with E-state index in [4.69, 9.17) is 0 Å². The highest BCUT2D eigenvalue weighted by atomic mass is 32.2. The Hall–Kier alpha value is -2.55. The first-order valence-electron chi connectivity index (χ1n) is 9.43. The van der Waals surface area contributed by atoms with E-state index in [-0.39, 0.29) is 11.7 Å². The van der Waals surface area contributed by atoms with Crippen molar-refractivity contribution in [2.45, 2.75) is 27.9 Å². The maximum atomic E-state index is 12.6. The van der Waals surface area contributed by atoms with Crippen LogP contribution in [-0.2, 0) is 17.8 Å². The zero-order chi connectivity index (χ0) is 20.6. The summed E-state index contributed by atoms with van der Waals surface area (Å²) < 4.78 is 2.00. The number of hydrogen-bond acceptors (Lipinski definition) is 6. The van der Waals surface area contributed by atoms with Crippen LogP contribution >= 0.6 is 34.9 Å². The van der Waals surface area contributed by atoms with Crippen molar-refractivity contribution in [3.05, 3.63) is 83.3 Å². The summed E-state index contributed by atoms with van der Waals surface area (Å²) in [5.74, 6) is 0.219. The number of anilines is 1. The highest BCUT2D eigenvalue weighted by Crippen LogP contribution is 2.33. The number of amides is 1. The van der Waals surface area contributed by atoms with Crippen molar-refractivity contribution in [2.75, 3.05) is 11.1 Å². The third-order valence-electron chi connectivity index (χ3n) is 4.22. The predicted molar refractivity (Wildman–Crippen MR) is 124 cm³/mol. The Morgan fingerprint density at radius 2 is 1.87 bits per heavy atom. The Labute approximate surface area is 187 Å². The number of nitrogens with one attached hydrogen (secondary N) is 1. The zero-order valence-corrected chi connectivity index (χ0v) is 18.6. The van der Waals surface area contributed by atoms with Crippen LogP contribution in [0.1, 0.15) is 4.88 Å². The summed E-state index contributed by atoms with van der Waals surface area (Å²) in [4.78, 5) is 16.0. The molecule has 152 valence electrons. The van der Waals surface area contributed by atoms with Gasteiger partial charge in [0.2, 0.25) is 5.91 Å². The number of carbonyl (C=O) groups is 1. The minimum Gasteiger partial charge on any atom is -0.324 e. The normalized spacial score (nSPS) is 10.8. The van der Waals surface area contributed by atoms with Gasteiger partial charge in [0, 0.05) is 21.2 Å². The molecule has 4 rings (SSSR count). The van der Waals surface area contributed by atoms with E-state index in [0.717, 1.165) is 33.6 Å². The monoisotopic (exact) mass is 452 g/mol. The van der Waals surface area contributed by atoms with E-state index in [1.807, 2.05) is 47.0 Å². The Kier molecular flexibility index (Phi) is 7.23. The van der Waals surface area contributed by atoms with Gasteiger partial charge in [-0.15, -0.1) is 21.5 Å². The minimum absolute atomic E-state index is 0.0612. The number of hydrogen-bond donors (Lipinski definition) is 1. The fraction of sp³-hybridized carbons (Fsp3) is 0.136. The summed E-state index contributed by atoms with van der Waals surface area (Å²) in [7, 11) is 0. The third kappa shape index (κ3) is 5.75. The van der Waals surface area contributed by atoms with Crippen molar-refractivity contribution >= 4 is 46.5 Å². The molecular weight excluding hydrogens is 432 g/mol. The molecule has 0 aliphatic rings. The molecule has 4 aromatic rings. The molecular formula is C22H20N4OS3. The summed E-state index contributed by atoms with van der Waals surface area (Å²) >= 11 is 4.78. The van der Waals surface area contributed by atoms with Crippen LogP contribution in [0.3, 0.4) is 0 Å². The molecule has 30 heavy (non-hydrogen) atoms. The number of thiophene rings is 1. The number of nitrogens with zero attached hydrogens (tertiary/aromatic N) is 3. The number of thioether (sulfide) groups is 1. The van der Waals surface area contributed by atoms with Crippen LogP contribution in [0.4, 0.5) is 5.69 Å². The van der Waals surface area contributed by atoms with Gasteiger partial charge in [0.05, 0.1) is 11.4 Å². The molecule has 2 aromatic heterocycles. The van der Waals surface area contributed by atoms with Crippen molar-refractivity contribution in [1.29, 1.82) is 0 Å². The molecule has 0 spiro atoms. The largest absolute Gasteiger partial charge is 0.324 e. The average Bonchev–Trinajstić information content (AvgIpc) is 3.45. The maximum absolute atomic E-state index is 12.6. The Bertz CT molecular complexity index is 1080. The molecule has 1 N–H and O–H groups in total. The molecule has 0 saturated carbocycles. The van der Waals surface area contributed by atoms with Gasteiger partial charge < -0.3 is 9.88 Å². The average molecular weight is 453 g/mol. The Morgan fingerprint density at radius 3 is 2.70 bits per heavy atom. The van der Waals surface area contributed by atoms with Crippen LogP contribution in [0.25, 0.3) is 0 Å². The highest BCUT2D eigenvalue weighted by molar-refractivity contribution is 8.00. The van der Waals surface area contributed by atoms with Crippen molar-refractivity contribution in [2.24, 2.45) is 0 Å². The number of carbonyl (C=O) groups excluding carboxylic acids is 1. The topological polar surface area (TPSA) is 59.8 Å². The van der Waals surface area contributed by atoms with E-state index in [1.165, 1.54) is 16.6 Å². The lowest BCUT2D eigenvalue weighted by atomic mass is 10.3. The van der Waals surface area contributed by atoms with Gasteiger partial charge >= 0.3 is 0 Å². The van der Waals surface area contributed by atoms with Crippen LogP contribution < -0.4 is 5.32 Å². The van der Waals surface area contributed by atoms with E-state index in [1.54, 1.807) is 29.4 Å². The fourth-order valence-corrected chi connectivity index (χ4v) is 5.15. The molecule has 2 aromatic carbocycles. The molecule has 0 bridgehead atoms. The van der Waals surface area contributed by atoms with Crippen LogP contribution in [0.15, 0.2) is 93.4 Å². The fourth-order valence-electron chi connectivity index (χ4n) is 2.79. The van der Waals surface area contributed by atoms with E-state index in [9.17, 15) is 4.79 Å². The SMILES string of the molecule is O=C(CSc1nncn1CCc1cccs1)Nc1ccccc1Sc1ccccc1. The van der Waals surface area contributed by atoms with Gasteiger partial charge in [-0.25, -0.2) is 0 Å². The second-order valence-electron chi connectivity index (χ2n) is 6.38. The molecule has 0 aliphatic carbocycles. The van der Waals surface area contributed by atoms with Gasteiger partial charge in [-0.05, 0) is 42.1 Å². The standard InChI is InChI=1S/C22H20N4OS3/c27-21(15-29-22-25-23-16-26(22)13-12-17-9-6-14-28-17)24-19-10-4-5-11-20(19)30-18-7-2-1-3-8-18/h1-11,14,16H,12-13,15H2,(H,24,27). The van der Waals surface area contributed by atoms with Gasteiger partial charge in [0.15, 0.2) is 5.16 Å². The van der Waals surface area contributed by atoms with E-state index < -0.39 is 0 Å². The molecule has 0 radical (unpaired) electrons. The highest BCUT2D eigenvalue weighted by Gasteiger charge is 2.11. The smallest absolute Gasteiger partial charge is 0.234 e. The predicted octanol–water partition coefficient (Wildman–Crippen LogP) is 5.46. The van der Waals surface area contributed by atoms with Crippen molar-refractivity contribution in [3.63, 3.8) is 0 Å². The molecule has 5 nitrogen and oxygen atoms in total. The first kappa shape index (κ1) is 20.7. The van der Waals surface area contributed by atoms with E-state index in [0.29, 0.717) is 0 Å². The second kappa shape index (κ2) is 10.5. The van der Waals surface area contributed by atoms with Gasteiger partial charge in [-0.2, -0.15) is 0 Å². The molecule has 0 saturated heterocycles. The Morgan fingerprint density at radius 1 is 1.03 bits per heavy atom. The van der Waals surface area contributed by atoms with Gasteiger partial charge in [-0.3, -0.25) is 4.79 Å². The maximum Gasteiger partial charge on any atom is 0.234 e. The summed E-state index contributed by atoms with van der Waals surface area (Å²) in [6, 6.07) is 22.2. The molecule has 2 heterocycles. The van der Waals surface area contributed by atoms with Crippen molar-refractivity contribution in [3.8, 4) is 0 Å². The molecule has 0 atom stereocenters.